The molecular formula is C16H16ClFO2. The van der Waals surface area contributed by atoms with Gasteiger partial charge in [0.15, 0.2) is 0 Å². The van der Waals surface area contributed by atoms with Crippen molar-refractivity contribution in [3.63, 3.8) is 0 Å². The molecule has 0 fully saturated rings. The minimum Gasteiger partial charge on any atom is -0.497 e. The van der Waals surface area contributed by atoms with Crippen LogP contribution in [0.5, 0.6) is 11.5 Å². The van der Waals surface area contributed by atoms with E-state index in [1.165, 1.54) is 12.1 Å². The SMILES string of the molecule is COc1ccc(C(Cl)Cc2cccc(F)c2)c(OC)c1. The van der Waals surface area contributed by atoms with E-state index in [1.54, 1.807) is 26.4 Å². The molecule has 2 aromatic rings. The van der Waals surface area contributed by atoms with Crippen molar-refractivity contribution >= 4 is 11.6 Å². The zero-order chi connectivity index (χ0) is 14.5. The molecule has 0 aliphatic carbocycles. The second-order valence-electron chi connectivity index (χ2n) is 4.41. The smallest absolute Gasteiger partial charge is 0.127 e. The van der Waals surface area contributed by atoms with Crippen molar-refractivity contribution in [1.82, 2.24) is 0 Å². The Labute approximate surface area is 123 Å². The maximum absolute atomic E-state index is 13.2. The zero-order valence-corrected chi connectivity index (χ0v) is 12.2. The fraction of sp³-hybridized carbons (Fsp3) is 0.250. The topological polar surface area (TPSA) is 18.5 Å². The average Bonchev–Trinajstić information content (AvgIpc) is 2.46. The van der Waals surface area contributed by atoms with Crippen LogP contribution in [0.4, 0.5) is 4.39 Å². The van der Waals surface area contributed by atoms with E-state index in [1.807, 2.05) is 18.2 Å². The monoisotopic (exact) mass is 294 g/mol. The third kappa shape index (κ3) is 3.42. The normalized spacial score (nSPS) is 12.0. The van der Waals surface area contributed by atoms with Crippen molar-refractivity contribution in [2.45, 2.75) is 11.8 Å². The number of halogens is 2. The minimum atomic E-state index is -0.294. The first-order chi connectivity index (χ1) is 9.63. The molecule has 20 heavy (non-hydrogen) atoms. The highest BCUT2D eigenvalue weighted by Gasteiger charge is 2.15. The van der Waals surface area contributed by atoms with Crippen LogP contribution in [0, 0.1) is 5.82 Å². The number of ether oxygens (including phenoxy) is 2. The first-order valence-electron chi connectivity index (χ1n) is 6.24. The maximum atomic E-state index is 13.2. The van der Waals surface area contributed by atoms with Gasteiger partial charge in [0, 0.05) is 11.6 Å². The number of rotatable bonds is 5. The molecule has 0 bridgehead atoms. The molecule has 0 N–H and O–H groups in total. The van der Waals surface area contributed by atoms with Gasteiger partial charge in [0.05, 0.1) is 19.6 Å². The largest absolute Gasteiger partial charge is 0.497 e. The molecule has 0 aromatic heterocycles. The molecule has 2 nitrogen and oxygen atoms in total. The first-order valence-corrected chi connectivity index (χ1v) is 6.68. The summed E-state index contributed by atoms with van der Waals surface area (Å²) in [7, 11) is 3.18. The molecule has 106 valence electrons. The Balaban J connectivity index is 2.22. The van der Waals surface area contributed by atoms with Crippen LogP contribution in [0.2, 0.25) is 0 Å². The fourth-order valence-electron chi connectivity index (χ4n) is 2.06. The lowest BCUT2D eigenvalue weighted by Crippen LogP contribution is -2.00. The van der Waals surface area contributed by atoms with Gasteiger partial charge in [-0.25, -0.2) is 4.39 Å². The summed E-state index contributed by atoms with van der Waals surface area (Å²) in [4.78, 5) is 0. The van der Waals surface area contributed by atoms with Crippen LogP contribution >= 0.6 is 11.6 Å². The molecule has 2 rings (SSSR count). The minimum absolute atomic E-state index is 0.256. The van der Waals surface area contributed by atoms with Crippen LogP contribution in [0.25, 0.3) is 0 Å². The van der Waals surface area contributed by atoms with E-state index in [0.717, 1.165) is 11.1 Å². The number of hydrogen-bond donors (Lipinski definition) is 0. The lowest BCUT2D eigenvalue weighted by molar-refractivity contribution is 0.390. The zero-order valence-electron chi connectivity index (χ0n) is 11.4. The first kappa shape index (κ1) is 14.7. The summed E-state index contributed by atoms with van der Waals surface area (Å²) >= 11 is 6.43. The summed E-state index contributed by atoms with van der Waals surface area (Å²) in [5.41, 5.74) is 1.71. The standard InChI is InChI=1S/C16H16ClFO2/c1-19-13-6-7-14(16(10-13)20-2)15(17)9-11-4-3-5-12(18)8-11/h3-8,10,15H,9H2,1-2H3. The highest BCUT2D eigenvalue weighted by atomic mass is 35.5. The van der Waals surface area contributed by atoms with Crippen molar-refractivity contribution in [3.05, 3.63) is 59.4 Å². The predicted octanol–water partition coefficient (Wildman–Crippen LogP) is 4.37. The van der Waals surface area contributed by atoms with Gasteiger partial charge in [-0.2, -0.15) is 0 Å². The van der Waals surface area contributed by atoms with Crippen LogP contribution in [0.3, 0.4) is 0 Å². The summed E-state index contributed by atoms with van der Waals surface area (Å²) in [6, 6.07) is 11.9. The highest BCUT2D eigenvalue weighted by Crippen LogP contribution is 2.34. The van der Waals surface area contributed by atoms with E-state index < -0.39 is 0 Å². The second kappa shape index (κ2) is 6.62. The van der Waals surface area contributed by atoms with Gasteiger partial charge in [-0.15, -0.1) is 11.6 Å². The van der Waals surface area contributed by atoms with Crippen LogP contribution < -0.4 is 9.47 Å². The Morgan fingerprint density at radius 2 is 1.90 bits per heavy atom. The lowest BCUT2D eigenvalue weighted by atomic mass is 10.0. The summed E-state index contributed by atoms with van der Waals surface area (Å²) in [5.74, 6) is 1.12. The summed E-state index contributed by atoms with van der Waals surface area (Å²) in [6.07, 6.45) is 0.530. The molecule has 1 atom stereocenters. The highest BCUT2D eigenvalue weighted by molar-refractivity contribution is 6.21. The van der Waals surface area contributed by atoms with Crippen LogP contribution in [-0.4, -0.2) is 14.2 Å². The molecule has 0 spiro atoms. The van der Waals surface area contributed by atoms with Gasteiger partial charge in [-0.3, -0.25) is 0 Å². The van der Waals surface area contributed by atoms with Gasteiger partial charge in [0.1, 0.15) is 17.3 Å². The number of benzene rings is 2. The molecule has 0 saturated heterocycles. The molecule has 0 aliphatic rings. The van der Waals surface area contributed by atoms with Gasteiger partial charge in [-0.1, -0.05) is 18.2 Å². The summed E-state index contributed by atoms with van der Waals surface area (Å²) in [6.45, 7) is 0. The molecular weight excluding hydrogens is 279 g/mol. The van der Waals surface area contributed by atoms with Gasteiger partial charge < -0.3 is 9.47 Å². The van der Waals surface area contributed by atoms with E-state index >= 15 is 0 Å². The third-order valence-corrected chi connectivity index (χ3v) is 3.47. The Morgan fingerprint density at radius 3 is 2.55 bits per heavy atom. The second-order valence-corrected chi connectivity index (χ2v) is 4.94. The maximum Gasteiger partial charge on any atom is 0.127 e. The Kier molecular flexibility index (Phi) is 4.85. The van der Waals surface area contributed by atoms with Crippen molar-refractivity contribution in [2.24, 2.45) is 0 Å². The Bertz CT molecular complexity index is 586. The number of alkyl halides is 1. The molecule has 4 heteroatoms. The van der Waals surface area contributed by atoms with E-state index in [2.05, 4.69) is 0 Å². The quantitative estimate of drug-likeness (QED) is 0.763. The Hall–Kier alpha value is -1.74. The van der Waals surface area contributed by atoms with E-state index in [0.29, 0.717) is 17.9 Å². The fourth-order valence-corrected chi connectivity index (χ4v) is 2.42. The van der Waals surface area contributed by atoms with Gasteiger partial charge >= 0.3 is 0 Å². The number of methoxy groups -OCH3 is 2. The third-order valence-electron chi connectivity index (χ3n) is 3.08. The molecule has 2 aromatic carbocycles. The molecule has 0 saturated carbocycles. The van der Waals surface area contributed by atoms with Gasteiger partial charge in [-0.05, 0) is 30.2 Å². The number of hydrogen-bond acceptors (Lipinski definition) is 2. The van der Waals surface area contributed by atoms with E-state index in [-0.39, 0.29) is 11.2 Å². The Morgan fingerprint density at radius 1 is 1.10 bits per heavy atom. The van der Waals surface area contributed by atoms with Crippen molar-refractivity contribution in [2.75, 3.05) is 14.2 Å². The van der Waals surface area contributed by atoms with Crippen LogP contribution in [0.1, 0.15) is 16.5 Å². The van der Waals surface area contributed by atoms with Crippen LogP contribution in [-0.2, 0) is 6.42 Å². The summed E-state index contributed by atoms with van der Waals surface area (Å²) < 4.78 is 23.7. The summed E-state index contributed by atoms with van der Waals surface area (Å²) in [5, 5.41) is -0.294. The molecule has 1 unspecified atom stereocenters. The van der Waals surface area contributed by atoms with Gasteiger partial charge in [0.2, 0.25) is 0 Å². The molecule has 0 radical (unpaired) electrons. The van der Waals surface area contributed by atoms with Crippen LogP contribution in [0.15, 0.2) is 42.5 Å². The molecule has 0 heterocycles. The molecule has 0 aliphatic heterocycles. The van der Waals surface area contributed by atoms with Crippen molar-refractivity contribution < 1.29 is 13.9 Å². The van der Waals surface area contributed by atoms with E-state index in [4.69, 9.17) is 21.1 Å². The van der Waals surface area contributed by atoms with Crippen molar-refractivity contribution in [1.29, 1.82) is 0 Å². The van der Waals surface area contributed by atoms with Gasteiger partial charge in [0.25, 0.3) is 0 Å². The predicted molar refractivity (Wildman–Crippen MR) is 78.2 cm³/mol. The van der Waals surface area contributed by atoms with E-state index in [9.17, 15) is 4.39 Å². The average molecular weight is 295 g/mol. The lowest BCUT2D eigenvalue weighted by Gasteiger charge is -2.15. The van der Waals surface area contributed by atoms with Crippen molar-refractivity contribution in [3.8, 4) is 11.5 Å². The molecule has 0 amide bonds.